The van der Waals surface area contributed by atoms with Gasteiger partial charge in [0.25, 0.3) is 0 Å². The van der Waals surface area contributed by atoms with E-state index in [9.17, 15) is 0 Å². The SMILES string of the molecule is Cl.NCCNCCN1CCNCC1. The minimum Gasteiger partial charge on any atom is -0.329 e. The molecule has 0 saturated carbocycles. The van der Waals surface area contributed by atoms with Gasteiger partial charge in [0.2, 0.25) is 0 Å². The molecular weight excluding hydrogens is 188 g/mol. The Balaban J connectivity index is 0.00000144. The maximum Gasteiger partial charge on any atom is 0.0108 e. The Morgan fingerprint density at radius 3 is 2.54 bits per heavy atom. The number of piperazine rings is 1. The van der Waals surface area contributed by atoms with Gasteiger partial charge in [-0.05, 0) is 0 Å². The first-order valence-electron chi connectivity index (χ1n) is 4.77. The minimum atomic E-state index is 0. The molecule has 4 N–H and O–H groups in total. The molecule has 1 heterocycles. The van der Waals surface area contributed by atoms with Crippen LogP contribution in [0.2, 0.25) is 0 Å². The van der Waals surface area contributed by atoms with Gasteiger partial charge >= 0.3 is 0 Å². The third-order valence-electron chi connectivity index (χ3n) is 2.14. The normalized spacial score (nSPS) is 18.2. The second-order valence-corrected chi connectivity index (χ2v) is 3.13. The van der Waals surface area contributed by atoms with Crippen LogP contribution in [0.25, 0.3) is 0 Å². The standard InChI is InChI=1S/C8H20N4.ClH/c9-1-2-10-3-6-12-7-4-11-5-8-12;/h10-11H,1-9H2;1H. The Hall–Kier alpha value is 0.130. The van der Waals surface area contributed by atoms with Crippen LogP contribution in [0.3, 0.4) is 0 Å². The van der Waals surface area contributed by atoms with Crippen molar-refractivity contribution < 1.29 is 0 Å². The van der Waals surface area contributed by atoms with Crippen LogP contribution in [0.15, 0.2) is 0 Å². The van der Waals surface area contributed by atoms with Gasteiger partial charge in [0.15, 0.2) is 0 Å². The molecule has 0 spiro atoms. The molecule has 0 unspecified atom stereocenters. The lowest BCUT2D eigenvalue weighted by atomic mass is 10.3. The first-order valence-corrected chi connectivity index (χ1v) is 4.77. The maximum atomic E-state index is 5.36. The number of hydrogen-bond acceptors (Lipinski definition) is 4. The molecule has 1 aliphatic heterocycles. The van der Waals surface area contributed by atoms with Crippen LogP contribution in [0.1, 0.15) is 0 Å². The van der Waals surface area contributed by atoms with Crippen LogP contribution in [-0.4, -0.2) is 57.3 Å². The van der Waals surface area contributed by atoms with E-state index in [2.05, 4.69) is 15.5 Å². The molecule has 0 amide bonds. The number of halogens is 1. The zero-order valence-corrected chi connectivity index (χ0v) is 8.91. The molecule has 0 aliphatic carbocycles. The van der Waals surface area contributed by atoms with Crippen molar-refractivity contribution >= 4 is 12.4 Å². The Labute approximate surface area is 86.6 Å². The average Bonchev–Trinajstić information content (AvgIpc) is 2.14. The van der Waals surface area contributed by atoms with Gasteiger partial charge in [-0.25, -0.2) is 0 Å². The lowest BCUT2D eigenvalue weighted by molar-refractivity contribution is 0.241. The van der Waals surface area contributed by atoms with Gasteiger partial charge in [-0.3, -0.25) is 4.90 Å². The summed E-state index contributed by atoms with van der Waals surface area (Å²) >= 11 is 0. The highest BCUT2D eigenvalue weighted by Gasteiger charge is 2.07. The molecule has 1 rings (SSSR count). The molecule has 13 heavy (non-hydrogen) atoms. The number of nitrogens with two attached hydrogens (primary N) is 1. The summed E-state index contributed by atoms with van der Waals surface area (Å²) in [7, 11) is 0. The monoisotopic (exact) mass is 208 g/mol. The van der Waals surface area contributed by atoms with E-state index in [-0.39, 0.29) is 12.4 Å². The summed E-state index contributed by atoms with van der Waals surface area (Å²) < 4.78 is 0. The summed E-state index contributed by atoms with van der Waals surface area (Å²) in [6.07, 6.45) is 0. The lowest BCUT2D eigenvalue weighted by Crippen LogP contribution is -2.46. The van der Waals surface area contributed by atoms with Gasteiger partial charge in [-0.1, -0.05) is 0 Å². The highest BCUT2D eigenvalue weighted by molar-refractivity contribution is 5.85. The van der Waals surface area contributed by atoms with Gasteiger partial charge in [0.05, 0.1) is 0 Å². The molecule has 0 aromatic rings. The molecule has 80 valence electrons. The second kappa shape index (κ2) is 8.72. The van der Waals surface area contributed by atoms with Gasteiger partial charge in [-0.15, -0.1) is 12.4 Å². The van der Waals surface area contributed by atoms with Gasteiger partial charge in [0.1, 0.15) is 0 Å². The van der Waals surface area contributed by atoms with Crippen molar-refractivity contribution in [2.45, 2.75) is 0 Å². The van der Waals surface area contributed by atoms with Gasteiger partial charge in [0, 0.05) is 52.4 Å². The topological polar surface area (TPSA) is 53.3 Å². The summed E-state index contributed by atoms with van der Waals surface area (Å²) in [6.45, 7) is 8.54. The van der Waals surface area contributed by atoms with Crippen LogP contribution >= 0.6 is 12.4 Å². The fourth-order valence-electron chi connectivity index (χ4n) is 1.40. The van der Waals surface area contributed by atoms with Crippen LogP contribution in [0.5, 0.6) is 0 Å². The zero-order chi connectivity index (χ0) is 8.65. The van der Waals surface area contributed by atoms with E-state index in [0.717, 1.165) is 39.3 Å². The molecule has 0 aromatic heterocycles. The summed E-state index contributed by atoms with van der Waals surface area (Å²) in [5, 5.41) is 6.63. The molecule has 4 nitrogen and oxygen atoms in total. The van der Waals surface area contributed by atoms with E-state index in [1.54, 1.807) is 0 Å². The Kier molecular flexibility index (Phi) is 8.80. The Bertz CT molecular complexity index is 106. The molecule has 1 aliphatic rings. The molecule has 0 bridgehead atoms. The summed E-state index contributed by atoms with van der Waals surface area (Å²) in [4.78, 5) is 2.47. The van der Waals surface area contributed by atoms with Crippen molar-refractivity contribution in [1.29, 1.82) is 0 Å². The van der Waals surface area contributed by atoms with E-state index in [0.29, 0.717) is 0 Å². The van der Waals surface area contributed by atoms with Crippen molar-refractivity contribution in [3.63, 3.8) is 0 Å². The summed E-state index contributed by atoms with van der Waals surface area (Å²) in [5.41, 5.74) is 5.36. The fraction of sp³-hybridized carbons (Fsp3) is 1.00. The lowest BCUT2D eigenvalue weighted by Gasteiger charge is -2.27. The van der Waals surface area contributed by atoms with E-state index in [1.807, 2.05) is 0 Å². The second-order valence-electron chi connectivity index (χ2n) is 3.13. The molecule has 0 atom stereocenters. The molecule has 1 fully saturated rings. The van der Waals surface area contributed by atoms with Crippen molar-refractivity contribution in [2.24, 2.45) is 5.73 Å². The number of rotatable bonds is 5. The average molecular weight is 209 g/mol. The van der Waals surface area contributed by atoms with E-state index >= 15 is 0 Å². The Morgan fingerprint density at radius 1 is 1.23 bits per heavy atom. The summed E-state index contributed by atoms with van der Waals surface area (Å²) in [6, 6.07) is 0. The largest absolute Gasteiger partial charge is 0.329 e. The van der Waals surface area contributed by atoms with Crippen LogP contribution in [0, 0.1) is 0 Å². The van der Waals surface area contributed by atoms with Gasteiger partial charge < -0.3 is 16.4 Å². The van der Waals surface area contributed by atoms with Crippen molar-refractivity contribution in [3.05, 3.63) is 0 Å². The fourth-order valence-corrected chi connectivity index (χ4v) is 1.40. The van der Waals surface area contributed by atoms with Crippen LogP contribution in [-0.2, 0) is 0 Å². The number of hydrogen-bond donors (Lipinski definition) is 3. The Morgan fingerprint density at radius 2 is 1.92 bits per heavy atom. The minimum absolute atomic E-state index is 0. The predicted octanol–water partition coefficient (Wildman–Crippen LogP) is -1.14. The predicted molar refractivity (Wildman–Crippen MR) is 58.5 cm³/mol. The number of nitrogens with zero attached hydrogens (tertiary/aromatic N) is 1. The van der Waals surface area contributed by atoms with Crippen LogP contribution in [0.4, 0.5) is 0 Å². The third-order valence-corrected chi connectivity index (χ3v) is 2.14. The van der Waals surface area contributed by atoms with Gasteiger partial charge in [-0.2, -0.15) is 0 Å². The first kappa shape index (κ1) is 13.1. The number of nitrogens with one attached hydrogen (secondary N) is 2. The third kappa shape index (κ3) is 6.23. The smallest absolute Gasteiger partial charge is 0.0108 e. The highest BCUT2D eigenvalue weighted by atomic mass is 35.5. The maximum absolute atomic E-state index is 5.36. The van der Waals surface area contributed by atoms with E-state index in [1.165, 1.54) is 13.1 Å². The molecule has 1 saturated heterocycles. The quantitative estimate of drug-likeness (QED) is 0.501. The molecular formula is C8H21ClN4. The van der Waals surface area contributed by atoms with E-state index < -0.39 is 0 Å². The van der Waals surface area contributed by atoms with Crippen molar-refractivity contribution in [1.82, 2.24) is 15.5 Å². The molecule has 0 aromatic carbocycles. The molecule has 5 heteroatoms. The highest BCUT2D eigenvalue weighted by Crippen LogP contribution is 1.89. The molecule has 0 radical (unpaired) electrons. The van der Waals surface area contributed by atoms with Crippen molar-refractivity contribution in [2.75, 3.05) is 52.4 Å². The summed E-state index contributed by atoms with van der Waals surface area (Å²) in [5.74, 6) is 0. The van der Waals surface area contributed by atoms with Crippen LogP contribution < -0.4 is 16.4 Å². The van der Waals surface area contributed by atoms with Crippen molar-refractivity contribution in [3.8, 4) is 0 Å². The first-order chi connectivity index (χ1) is 5.93. The van der Waals surface area contributed by atoms with E-state index in [4.69, 9.17) is 5.73 Å². The zero-order valence-electron chi connectivity index (χ0n) is 8.09.